The Labute approximate surface area is 223 Å². The summed E-state index contributed by atoms with van der Waals surface area (Å²) in [6.45, 7) is 0.0595. The van der Waals surface area contributed by atoms with Gasteiger partial charge in [-0.25, -0.2) is 17.5 Å². The first-order chi connectivity index (χ1) is 17.9. The second-order valence-electron chi connectivity index (χ2n) is 10.1. The Morgan fingerprint density at radius 2 is 1.95 bits per heavy atom. The third-order valence-corrected chi connectivity index (χ3v) is 11.2. The number of rotatable bonds is 6. The highest BCUT2D eigenvalue weighted by Gasteiger charge is 2.55. The van der Waals surface area contributed by atoms with Gasteiger partial charge in [0.1, 0.15) is 22.1 Å². The van der Waals surface area contributed by atoms with Crippen molar-refractivity contribution in [2.75, 3.05) is 18.6 Å². The summed E-state index contributed by atoms with van der Waals surface area (Å²) < 4.78 is 69.4. The monoisotopic (exact) mass is 580 g/mol. The average molecular weight is 581 g/mol. The first-order valence-corrected chi connectivity index (χ1v) is 16.4. The highest BCUT2D eigenvalue weighted by atomic mass is 32.2. The Bertz CT molecular complexity index is 1570. The van der Waals surface area contributed by atoms with Crippen LogP contribution in [0.2, 0.25) is 0 Å². The lowest BCUT2D eigenvalue weighted by Gasteiger charge is -2.42. The predicted molar refractivity (Wildman–Crippen MR) is 140 cm³/mol. The molecule has 5 aliphatic rings. The molecule has 2 bridgehead atoms. The highest BCUT2D eigenvalue weighted by Crippen LogP contribution is 2.52. The molecular formula is C24H25FN4O6S3. The van der Waals surface area contributed by atoms with Crippen molar-refractivity contribution < 1.29 is 31.1 Å². The van der Waals surface area contributed by atoms with Gasteiger partial charge in [-0.1, -0.05) is 24.3 Å². The van der Waals surface area contributed by atoms with Crippen LogP contribution in [0.15, 0.2) is 62.1 Å². The summed E-state index contributed by atoms with van der Waals surface area (Å²) in [5, 5.41) is 14.6. The zero-order valence-corrected chi connectivity index (χ0v) is 22.6. The quantitative estimate of drug-likeness (QED) is 0.430. The molecule has 1 aromatic carbocycles. The number of halogens is 1. The molecule has 0 saturated heterocycles. The Hall–Kier alpha value is -2.68. The molecule has 1 amide bonds. The minimum Gasteiger partial charge on any atom is -0.511 e. The van der Waals surface area contributed by atoms with Gasteiger partial charge in [0, 0.05) is 36.7 Å². The van der Waals surface area contributed by atoms with Gasteiger partial charge >= 0.3 is 0 Å². The van der Waals surface area contributed by atoms with E-state index >= 15 is 0 Å². The zero-order chi connectivity index (χ0) is 27.0. The smallest absolute Gasteiger partial charge is 0.283 e. The summed E-state index contributed by atoms with van der Waals surface area (Å²) in [5.74, 6) is -2.09. The third kappa shape index (κ3) is 4.27. The Morgan fingerprint density at radius 3 is 2.66 bits per heavy atom. The van der Waals surface area contributed by atoms with Crippen molar-refractivity contribution in [2.45, 2.75) is 19.0 Å². The zero-order valence-electron chi connectivity index (χ0n) is 20.2. The number of benzene rings is 1. The number of amides is 1. The Kier molecular flexibility index (Phi) is 6.01. The summed E-state index contributed by atoms with van der Waals surface area (Å²) in [6, 6.07) is 5.51. The fourth-order valence-electron chi connectivity index (χ4n) is 6.08. The van der Waals surface area contributed by atoms with Gasteiger partial charge in [-0.3, -0.25) is 4.79 Å². The molecule has 5 unspecified atom stereocenters. The third-order valence-electron chi connectivity index (χ3n) is 7.66. The van der Waals surface area contributed by atoms with Crippen LogP contribution in [-0.2, 0) is 31.4 Å². The van der Waals surface area contributed by atoms with Crippen molar-refractivity contribution in [3.63, 3.8) is 0 Å². The number of nitrogens with one attached hydrogen (secondary N) is 2. The van der Waals surface area contributed by atoms with E-state index in [4.69, 9.17) is 0 Å². The molecule has 3 heterocycles. The number of thioether (sulfide) groups is 1. The van der Waals surface area contributed by atoms with E-state index in [2.05, 4.69) is 14.4 Å². The van der Waals surface area contributed by atoms with Crippen molar-refractivity contribution in [2.24, 2.45) is 28.1 Å². The van der Waals surface area contributed by atoms with Crippen molar-refractivity contribution in [1.29, 1.82) is 0 Å². The van der Waals surface area contributed by atoms with E-state index in [0.29, 0.717) is 11.3 Å². The Morgan fingerprint density at radius 1 is 1.24 bits per heavy atom. The standard InChI is InChI=1S/C24H25FN4O6S3/c1-37(32,33)26-9-15-11-36-23-21(15)38(34,35)28-22(27-23)18-20(30)17-13-4-5-14(8-13)19(17)29(24(18)31)10-12-2-6-16(25)7-3-12/h2-7,13-15,17,19,26,30H,8-11H2,1H3,(H,27,28). The number of allylic oxidation sites excluding steroid dienone is 1. The van der Waals surface area contributed by atoms with Gasteiger partial charge in [-0.05, 0) is 36.0 Å². The van der Waals surface area contributed by atoms with Gasteiger partial charge < -0.3 is 15.3 Å². The maximum atomic E-state index is 13.9. The van der Waals surface area contributed by atoms with Crippen molar-refractivity contribution in [3.8, 4) is 0 Å². The second kappa shape index (κ2) is 8.93. The molecule has 38 heavy (non-hydrogen) atoms. The summed E-state index contributed by atoms with van der Waals surface area (Å²) in [4.78, 5) is 15.5. The van der Waals surface area contributed by atoms with Crippen molar-refractivity contribution >= 4 is 43.6 Å². The number of amidine groups is 1. The molecule has 0 spiro atoms. The van der Waals surface area contributed by atoms with Crippen LogP contribution in [-0.4, -0.2) is 63.2 Å². The van der Waals surface area contributed by atoms with Gasteiger partial charge in [0.2, 0.25) is 10.0 Å². The summed E-state index contributed by atoms with van der Waals surface area (Å²) in [6.07, 6.45) is 5.82. The number of hydrogen-bond donors (Lipinski definition) is 3. The fourth-order valence-corrected chi connectivity index (χ4v) is 9.66. The lowest BCUT2D eigenvalue weighted by molar-refractivity contribution is -0.133. The number of aliphatic hydroxyl groups is 1. The summed E-state index contributed by atoms with van der Waals surface area (Å²) >= 11 is 1.19. The van der Waals surface area contributed by atoms with E-state index in [1.165, 1.54) is 23.9 Å². The maximum Gasteiger partial charge on any atom is 0.283 e. The average Bonchev–Trinajstić information content (AvgIpc) is 3.56. The van der Waals surface area contributed by atoms with Crippen LogP contribution in [0, 0.1) is 29.5 Å². The van der Waals surface area contributed by atoms with E-state index in [1.54, 1.807) is 17.0 Å². The van der Waals surface area contributed by atoms with E-state index in [-0.39, 0.29) is 58.1 Å². The maximum absolute atomic E-state index is 13.9. The number of fused-ring (bicyclic) bond motifs is 5. The van der Waals surface area contributed by atoms with Crippen LogP contribution in [0.3, 0.4) is 0 Å². The first-order valence-electron chi connectivity index (χ1n) is 12.0. The fraction of sp³-hybridized carbons (Fsp3) is 0.417. The van der Waals surface area contributed by atoms with Gasteiger partial charge in [0.25, 0.3) is 15.9 Å². The molecule has 6 rings (SSSR count). The van der Waals surface area contributed by atoms with E-state index in [9.17, 15) is 31.1 Å². The predicted octanol–water partition coefficient (Wildman–Crippen LogP) is 1.58. The Balaban J connectivity index is 1.36. The SMILES string of the molecule is CS(=O)(=O)NCC1CSC2=C1S(=O)(=O)N=C(C1=C(O)C3C4C=CC(C4)C3N(Cc3ccc(F)cc3)C1=O)N2. The molecule has 0 radical (unpaired) electrons. The summed E-state index contributed by atoms with van der Waals surface area (Å²) in [5.41, 5.74) is 0.512. The lowest BCUT2D eigenvalue weighted by Crippen LogP contribution is -2.53. The molecule has 202 valence electrons. The second-order valence-corrected chi connectivity index (χ2v) is 14.6. The normalized spacial score (nSPS) is 31.4. The van der Waals surface area contributed by atoms with Gasteiger partial charge in [0.05, 0.1) is 11.3 Å². The molecule has 3 aliphatic heterocycles. The number of aliphatic hydroxyl groups excluding tert-OH is 1. The van der Waals surface area contributed by atoms with Crippen LogP contribution >= 0.6 is 11.8 Å². The lowest BCUT2D eigenvalue weighted by atomic mass is 9.80. The number of sulfonamides is 2. The highest BCUT2D eigenvalue weighted by molar-refractivity contribution is 8.05. The van der Waals surface area contributed by atoms with E-state index < -0.39 is 43.6 Å². The molecule has 1 aromatic rings. The minimum atomic E-state index is -4.26. The number of carbonyl (C=O) groups is 1. The van der Waals surface area contributed by atoms with Crippen LogP contribution in [0.25, 0.3) is 0 Å². The summed E-state index contributed by atoms with van der Waals surface area (Å²) in [7, 11) is -7.78. The first kappa shape index (κ1) is 25.6. The molecular weight excluding hydrogens is 555 g/mol. The van der Waals surface area contributed by atoms with Crippen molar-refractivity contribution in [3.05, 3.63) is 69.1 Å². The molecule has 10 nitrogen and oxygen atoms in total. The van der Waals surface area contributed by atoms with Gasteiger partial charge in [-0.15, -0.1) is 16.2 Å². The largest absolute Gasteiger partial charge is 0.511 e. The molecule has 0 aromatic heterocycles. The van der Waals surface area contributed by atoms with Gasteiger partial charge in [-0.2, -0.15) is 8.42 Å². The minimum absolute atomic E-state index is 0.00769. The van der Waals surface area contributed by atoms with E-state index in [1.807, 2.05) is 12.2 Å². The molecule has 5 atom stereocenters. The molecule has 1 fully saturated rings. The van der Waals surface area contributed by atoms with Crippen LogP contribution < -0.4 is 10.0 Å². The van der Waals surface area contributed by atoms with E-state index in [0.717, 1.165) is 12.7 Å². The van der Waals surface area contributed by atoms with Crippen LogP contribution in [0.4, 0.5) is 4.39 Å². The topological polar surface area (TPSA) is 145 Å². The molecule has 1 saturated carbocycles. The molecule has 3 N–H and O–H groups in total. The molecule has 2 aliphatic carbocycles. The molecule has 14 heteroatoms. The van der Waals surface area contributed by atoms with Crippen LogP contribution in [0.5, 0.6) is 0 Å². The van der Waals surface area contributed by atoms with Crippen LogP contribution in [0.1, 0.15) is 12.0 Å². The van der Waals surface area contributed by atoms with Crippen molar-refractivity contribution in [1.82, 2.24) is 14.9 Å². The number of carbonyl (C=O) groups excluding carboxylic acids is 1. The van der Waals surface area contributed by atoms with Gasteiger partial charge in [0.15, 0.2) is 5.84 Å². The number of hydrogen-bond acceptors (Lipinski definition) is 8. The number of nitrogens with zero attached hydrogens (tertiary/aromatic N) is 2.